The van der Waals surface area contributed by atoms with Crippen molar-refractivity contribution in [3.8, 4) is 0 Å². The highest BCUT2D eigenvalue weighted by Gasteiger charge is 2.28. The second-order valence-electron chi connectivity index (χ2n) is 8.32. The molecular weight excluding hydrogens is 408 g/mol. The summed E-state index contributed by atoms with van der Waals surface area (Å²) in [6.07, 6.45) is 7.72. The molecule has 0 spiro atoms. The van der Waals surface area contributed by atoms with Gasteiger partial charge >= 0.3 is 0 Å². The third-order valence-electron chi connectivity index (χ3n) is 5.67. The summed E-state index contributed by atoms with van der Waals surface area (Å²) in [5, 5.41) is 2.91. The molecule has 3 rings (SSSR count). The van der Waals surface area contributed by atoms with Crippen LogP contribution in [0.3, 0.4) is 0 Å². The standard InChI is InChI=1S/C25H32N2O3S/c1-19-9-12-23(13-10-19)31(29,30)27(24-14-11-20(2)17-21(24)3)18-25(28)26-16-15-22-7-5-4-6-8-22/h7,9-14,17H,4-6,8,15-16,18H2,1-3H3,(H,26,28). The lowest BCUT2D eigenvalue weighted by atomic mass is 9.97. The normalized spacial score (nSPS) is 14.1. The maximum Gasteiger partial charge on any atom is 0.264 e. The quantitative estimate of drug-likeness (QED) is 0.599. The van der Waals surface area contributed by atoms with Gasteiger partial charge in [0.2, 0.25) is 5.91 Å². The van der Waals surface area contributed by atoms with Gasteiger partial charge in [-0.05, 0) is 76.6 Å². The third-order valence-corrected chi connectivity index (χ3v) is 7.44. The molecule has 5 nitrogen and oxygen atoms in total. The first-order chi connectivity index (χ1) is 14.8. The van der Waals surface area contributed by atoms with Crippen molar-refractivity contribution in [3.05, 3.63) is 70.8 Å². The topological polar surface area (TPSA) is 66.5 Å². The Morgan fingerprint density at radius 2 is 1.71 bits per heavy atom. The number of hydrogen-bond acceptors (Lipinski definition) is 3. The number of allylic oxidation sites excluding steroid dienone is 1. The summed E-state index contributed by atoms with van der Waals surface area (Å²) >= 11 is 0. The molecule has 166 valence electrons. The Morgan fingerprint density at radius 3 is 2.35 bits per heavy atom. The van der Waals surface area contributed by atoms with E-state index in [4.69, 9.17) is 0 Å². The van der Waals surface area contributed by atoms with Gasteiger partial charge in [-0.25, -0.2) is 8.42 Å². The van der Waals surface area contributed by atoms with Crippen LogP contribution < -0.4 is 9.62 Å². The van der Waals surface area contributed by atoms with Crippen molar-refractivity contribution in [2.75, 3.05) is 17.4 Å². The van der Waals surface area contributed by atoms with Gasteiger partial charge in [-0.3, -0.25) is 9.10 Å². The fraction of sp³-hybridized carbons (Fsp3) is 0.400. The smallest absolute Gasteiger partial charge is 0.264 e. The summed E-state index contributed by atoms with van der Waals surface area (Å²) in [6.45, 7) is 6.01. The first-order valence-corrected chi connectivity index (χ1v) is 12.3. The number of sulfonamides is 1. The summed E-state index contributed by atoms with van der Waals surface area (Å²) in [7, 11) is -3.89. The fourth-order valence-corrected chi connectivity index (χ4v) is 5.39. The summed E-state index contributed by atoms with van der Waals surface area (Å²) in [5.74, 6) is -0.299. The molecule has 2 aromatic carbocycles. The SMILES string of the molecule is Cc1ccc(S(=O)(=O)N(CC(=O)NCCC2=CCCCC2)c2ccc(C)cc2C)cc1. The molecule has 2 aromatic rings. The second kappa shape index (κ2) is 10.1. The van der Waals surface area contributed by atoms with Gasteiger partial charge in [0.05, 0.1) is 10.6 Å². The van der Waals surface area contributed by atoms with E-state index in [2.05, 4.69) is 11.4 Å². The molecule has 1 aliphatic rings. The molecule has 0 aromatic heterocycles. The lowest BCUT2D eigenvalue weighted by Gasteiger charge is -2.26. The second-order valence-corrected chi connectivity index (χ2v) is 10.2. The first kappa shape index (κ1) is 23.1. The number of amides is 1. The number of rotatable bonds is 8. The summed E-state index contributed by atoms with van der Waals surface area (Å²) in [6, 6.07) is 12.3. The molecule has 31 heavy (non-hydrogen) atoms. The molecule has 0 unspecified atom stereocenters. The number of anilines is 1. The molecular formula is C25H32N2O3S. The van der Waals surface area contributed by atoms with Crippen LogP contribution in [0.5, 0.6) is 0 Å². The van der Waals surface area contributed by atoms with Gasteiger partial charge in [0.15, 0.2) is 0 Å². The van der Waals surface area contributed by atoms with Gasteiger partial charge in [-0.15, -0.1) is 0 Å². The van der Waals surface area contributed by atoms with Gasteiger partial charge in [-0.2, -0.15) is 0 Å². The number of benzene rings is 2. The zero-order valence-corrected chi connectivity index (χ0v) is 19.5. The highest BCUT2D eigenvalue weighted by Crippen LogP contribution is 2.27. The van der Waals surface area contributed by atoms with Crippen molar-refractivity contribution >= 4 is 21.6 Å². The lowest BCUT2D eigenvalue weighted by molar-refractivity contribution is -0.119. The van der Waals surface area contributed by atoms with E-state index >= 15 is 0 Å². The Morgan fingerprint density at radius 1 is 1.00 bits per heavy atom. The molecule has 6 heteroatoms. The molecule has 0 bridgehead atoms. The highest BCUT2D eigenvalue weighted by molar-refractivity contribution is 7.92. The zero-order valence-electron chi connectivity index (χ0n) is 18.6. The molecule has 0 fully saturated rings. The van der Waals surface area contributed by atoms with Crippen LogP contribution >= 0.6 is 0 Å². The molecule has 0 saturated carbocycles. The number of aryl methyl sites for hydroxylation is 3. The van der Waals surface area contributed by atoms with Crippen molar-refractivity contribution in [2.45, 2.75) is 57.8 Å². The average Bonchev–Trinajstić information content (AvgIpc) is 2.73. The maximum atomic E-state index is 13.5. The van der Waals surface area contributed by atoms with Gasteiger partial charge < -0.3 is 5.32 Å². The van der Waals surface area contributed by atoms with Crippen molar-refractivity contribution in [2.24, 2.45) is 0 Å². The van der Waals surface area contributed by atoms with E-state index in [0.717, 1.165) is 36.0 Å². The van der Waals surface area contributed by atoms with E-state index in [-0.39, 0.29) is 17.3 Å². The molecule has 0 saturated heterocycles. The van der Waals surface area contributed by atoms with Gasteiger partial charge in [0.1, 0.15) is 6.54 Å². The monoisotopic (exact) mass is 440 g/mol. The van der Waals surface area contributed by atoms with E-state index in [0.29, 0.717) is 12.2 Å². The van der Waals surface area contributed by atoms with Gasteiger partial charge in [-0.1, -0.05) is 47.0 Å². The van der Waals surface area contributed by atoms with Crippen molar-refractivity contribution in [1.29, 1.82) is 0 Å². The summed E-state index contributed by atoms with van der Waals surface area (Å²) < 4.78 is 28.2. The predicted molar refractivity (Wildman–Crippen MR) is 126 cm³/mol. The van der Waals surface area contributed by atoms with E-state index in [9.17, 15) is 13.2 Å². The first-order valence-electron chi connectivity index (χ1n) is 10.9. The van der Waals surface area contributed by atoms with Crippen LogP contribution in [0.1, 0.15) is 48.8 Å². The number of nitrogens with one attached hydrogen (secondary N) is 1. The molecule has 0 radical (unpaired) electrons. The Labute approximate surface area is 186 Å². The van der Waals surface area contributed by atoms with Crippen LogP contribution in [-0.4, -0.2) is 27.4 Å². The molecule has 0 atom stereocenters. The van der Waals surface area contributed by atoms with Crippen LogP contribution in [0.2, 0.25) is 0 Å². The summed E-state index contributed by atoms with van der Waals surface area (Å²) in [4.78, 5) is 12.9. The molecule has 1 amide bonds. The molecule has 1 aliphatic carbocycles. The van der Waals surface area contributed by atoms with E-state index < -0.39 is 10.0 Å². The fourth-order valence-electron chi connectivity index (χ4n) is 3.90. The Kier molecular flexibility index (Phi) is 7.55. The van der Waals surface area contributed by atoms with Crippen LogP contribution in [0.15, 0.2) is 59.0 Å². The Balaban J connectivity index is 1.81. The van der Waals surface area contributed by atoms with E-state index in [1.54, 1.807) is 30.3 Å². The minimum absolute atomic E-state index is 0.179. The van der Waals surface area contributed by atoms with Crippen LogP contribution in [0, 0.1) is 20.8 Å². The highest BCUT2D eigenvalue weighted by atomic mass is 32.2. The zero-order chi connectivity index (χ0) is 22.4. The van der Waals surface area contributed by atoms with Crippen molar-refractivity contribution < 1.29 is 13.2 Å². The largest absolute Gasteiger partial charge is 0.354 e. The molecule has 0 aliphatic heterocycles. The van der Waals surface area contributed by atoms with Crippen LogP contribution in [0.4, 0.5) is 5.69 Å². The van der Waals surface area contributed by atoms with Gasteiger partial charge in [0, 0.05) is 6.54 Å². The summed E-state index contributed by atoms with van der Waals surface area (Å²) in [5.41, 5.74) is 4.74. The lowest BCUT2D eigenvalue weighted by Crippen LogP contribution is -2.41. The van der Waals surface area contributed by atoms with Crippen LogP contribution in [-0.2, 0) is 14.8 Å². The minimum atomic E-state index is -3.89. The molecule has 1 N–H and O–H groups in total. The van der Waals surface area contributed by atoms with E-state index in [1.807, 2.05) is 32.9 Å². The number of carbonyl (C=O) groups excluding carboxylic acids is 1. The van der Waals surface area contributed by atoms with Crippen LogP contribution in [0.25, 0.3) is 0 Å². The molecule has 0 heterocycles. The van der Waals surface area contributed by atoms with Crippen molar-refractivity contribution in [3.63, 3.8) is 0 Å². The average molecular weight is 441 g/mol. The maximum absolute atomic E-state index is 13.5. The number of hydrogen-bond donors (Lipinski definition) is 1. The Hall–Kier alpha value is -2.60. The van der Waals surface area contributed by atoms with Gasteiger partial charge in [0.25, 0.3) is 10.0 Å². The van der Waals surface area contributed by atoms with Crippen molar-refractivity contribution in [1.82, 2.24) is 5.32 Å². The number of carbonyl (C=O) groups is 1. The third kappa shape index (κ3) is 5.97. The minimum Gasteiger partial charge on any atom is -0.354 e. The number of nitrogens with zero attached hydrogens (tertiary/aromatic N) is 1. The van der Waals surface area contributed by atoms with E-state index in [1.165, 1.54) is 22.7 Å². The Bertz CT molecular complexity index is 1060. The predicted octanol–water partition coefficient (Wildman–Crippen LogP) is 4.81.